The Morgan fingerprint density at radius 2 is 1.96 bits per heavy atom. The van der Waals surface area contributed by atoms with Gasteiger partial charge in [-0.25, -0.2) is 0 Å². The summed E-state index contributed by atoms with van der Waals surface area (Å²) in [6.45, 7) is 6.26. The average Bonchev–Trinajstić information content (AvgIpc) is 2.99. The first-order chi connectivity index (χ1) is 11.0. The van der Waals surface area contributed by atoms with Gasteiger partial charge in [-0.1, -0.05) is 19.1 Å². The van der Waals surface area contributed by atoms with Gasteiger partial charge in [0.15, 0.2) is 5.17 Å². The average molecular weight is 325 g/mol. The highest BCUT2D eigenvalue weighted by Crippen LogP contribution is 2.28. The number of amidine groups is 1. The number of benzene rings is 1. The Labute approximate surface area is 140 Å². The fourth-order valence-electron chi connectivity index (χ4n) is 2.79. The molecule has 1 aliphatic heterocycles. The van der Waals surface area contributed by atoms with Crippen LogP contribution in [-0.2, 0) is 11.2 Å². The van der Waals surface area contributed by atoms with E-state index in [-0.39, 0.29) is 11.1 Å². The van der Waals surface area contributed by atoms with Crippen LogP contribution < -0.4 is 5.32 Å². The molecule has 2 aromatic rings. The maximum absolute atomic E-state index is 11.8. The molecular formula is C18H19N3OS. The highest BCUT2D eigenvalue weighted by molar-refractivity contribution is 8.18. The Kier molecular flexibility index (Phi) is 4.13. The third-order valence-electron chi connectivity index (χ3n) is 4.02. The molecule has 0 bridgehead atoms. The maximum atomic E-state index is 11.8. The van der Waals surface area contributed by atoms with Gasteiger partial charge in [-0.2, -0.15) is 0 Å². The smallest absolute Gasteiger partial charge is 0.264 e. The van der Waals surface area contributed by atoms with E-state index in [1.54, 1.807) is 0 Å². The topological polar surface area (TPSA) is 57.9 Å². The molecule has 1 saturated heterocycles. The summed E-state index contributed by atoms with van der Waals surface area (Å²) >= 11 is 1.17. The van der Waals surface area contributed by atoms with Crippen molar-refractivity contribution < 1.29 is 4.79 Å². The summed E-state index contributed by atoms with van der Waals surface area (Å²) in [7, 11) is 0. The van der Waals surface area contributed by atoms with Crippen LogP contribution >= 0.6 is 11.8 Å². The molecule has 2 heterocycles. The summed E-state index contributed by atoms with van der Waals surface area (Å²) in [6, 6.07) is 10.6. The molecular weight excluding hydrogens is 306 g/mol. The molecule has 1 aromatic heterocycles. The molecule has 5 heteroatoms. The van der Waals surface area contributed by atoms with Crippen molar-refractivity contribution in [2.24, 2.45) is 0 Å². The lowest BCUT2D eigenvalue weighted by molar-refractivity contribution is -0.115. The second kappa shape index (κ2) is 6.08. The number of carbonyl (C=O) groups is 1. The van der Waals surface area contributed by atoms with Gasteiger partial charge in [0.2, 0.25) is 0 Å². The highest BCUT2D eigenvalue weighted by Gasteiger charge is 2.23. The van der Waals surface area contributed by atoms with E-state index in [4.69, 9.17) is 5.41 Å². The van der Waals surface area contributed by atoms with Crippen molar-refractivity contribution in [2.75, 3.05) is 0 Å². The zero-order valence-electron chi connectivity index (χ0n) is 13.4. The second-order valence-corrected chi connectivity index (χ2v) is 6.63. The van der Waals surface area contributed by atoms with Gasteiger partial charge in [-0.15, -0.1) is 0 Å². The lowest BCUT2D eigenvalue weighted by atomic mass is 10.1. The Morgan fingerprint density at radius 3 is 2.52 bits per heavy atom. The predicted molar refractivity (Wildman–Crippen MR) is 96.1 cm³/mol. The van der Waals surface area contributed by atoms with Crippen LogP contribution in [-0.4, -0.2) is 15.6 Å². The summed E-state index contributed by atoms with van der Waals surface area (Å²) in [4.78, 5) is 12.4. The number of nitrogens with one attached hydrogen (secondary N) is 2. The number of rotatable bonds is 3. The Morgan fingerprint density at radius 1 is 1.26 bits per heavy atom. The third kappa shape index (κ3) is 2.97. The summed E-state index contributed by atoms with van der Waals surface area (Å²) in [6.07, 6.45) is 2.89. The van der Waals surface area contributed by atoms with Crippen molar-refractivity contribution in [3.63, 3.8) is 0 Å². The van der Waals surface area contributed by atoms with E-state index in [2.05, 4.69) is 61.0 Å². The molecule has 1 fully saturated rings. The fourth-order valence-corrected chi connectivity index (χ4v) is 3.49. The normalized spacial score (nSPS) is 16.2. The maximum Gasteiger partial charge on any atom is 0.264 e. The van der Waals surface area contributed by atoms with Gasteiger partial charge >= 0.3 is 0 Å². The number of hydrogen-bond acceptors (Lipinski definition) is 3. The van der Waals surface area contributed by atoms with Crippen LogP contribution in [0.1, 0.15) is 29.4 Å². The van der Waals surface area contributed by atoms with Crippen LogP contribution in [0.2, 0.25) is 0 Å². The Hall–Kier alpha value is -2.27. The van der Waals surface area contributed by atoms with Crippen molar-refractivity contribution in [1.82, 2.24) is 9.88 Å². The van der Waals surface area contributed by atoms with Gasteiger partial charge in [0.25, 0.3) is 5.91 Å². The van der Waals surface area contributed by atoms with E-state index in [0.29, 0.717) is 4.91 Å². The van der Waals surface area contributed by atoms with E-state index in [1.165, 1.54) is 17.3 Å². The zero-order valence-corrected chi connectivity index (χ0v) is 14.3. The van der Waals surface area contributed by atoms with Gasteiger partial charge in [-0.3, -0.25) is 10.2 Å². The van der Waals surface area contributed by atoms with Gasteiger partial charge in [0, 0.05) is 17.1 Å². The molecule has 3 rings (SSSR count). The van der Waals surface area contributed by atoms with Crippen molar-refractivity contribution in [2.45, 2.75) is 27.2 Å². The number of aryl methyl sites for hydroxylation is 2. The van der Waals surface area contributed by atoms with Gasteiger partial charge in [-0.05, 0) is 67.4 Å². The van der Waals surface area contributed by atoms with Crippen molar-refractivity contribution in [1.29, 1.82) is 5.41 Å². The molecule has 0 aliphatic carbocycles. The summed E-state index contributed by atoms with van der Waals surface area (Å²) in [5.74, 6) is -0.197. The molecule has 4 nitrogen and oxygen atoms in total. The minimum Gasteiger partial charge on any atom is -0.318 e. The summed E-state index contributed by atoms with van der Waals surface area (Å²) in [5, 5.41) is 10.2. The number of thioether (sulfide) groups is 1. The SMILES string of the molecule is CCc1ccc(-n2c(C)cc(/C=C3/SC(=N)NC3=O)c2C)cc1. The largest absolute Gasteiger partial charge is 0.318 e. The second-order valence-electron chi connectivity index (χ2n) is 5.58. The number of carbonyl (C=O) groups excluding carboxylic acids is 1. The third-order valence-corrected chi connectivity index (χ3v) is 4.85. The minimum absolute atomic E-state index is 0.185. The molecule has 0 radical (unpaired) electrons. The van der Waals surface area contributed by atoms with Crippen molar-refractivity contribution >= 4 is 28.9 Å². The molecule has 2 N–H and O–H groups in total. The number of aromatic nitrogens is 1. The molecule has 1 aromatic carbocycles. The quantitative estimate of drug-likeness (QED) is 0.843. The number of hydrogen-bond donors (Lipinski definition) is 2. The van der Waals surface area contributed by atoms with E-state index >= 15 is 0 Å². The first-order valence-electron chi connectivity index (χ1n) is 7.57. The lowest BCUT2D eigenvalue weighted by Gasteiger charge is -2.10. The van der Waals surface area contributed by atoms with Gasteiger partial charge in [0.05, 0.1) is 4.91 Å². The molecule has 118 valence electrons. The van der Waals surface area contributed by atoms with Crippen molar-refractivity contribution in [3.05, 3.63) is 57.8 Å². The van der Waals surface area contributed by atoms with Gasteiger partial charge in [0.1, 0.15) is 0 Å². The first-order valence-corrected chi connectivity index (χ1v) is 8.39. The Balaban J connectivity index is 2.01. The van der Waals surface area contributed by atoms with Gasteiger partial charge < -0.3 is 9.88 Å². The summed E-state index contributed by atoms with van der Waals surface area (Å²) < 4.78 is 2.19. The Bertz CT molecular complexity index is 816. The van der Waals surface area contributed by atoms with Crippen LogP contribution in [0, 0.1) is 19.3 Å². The van der Waals surface area contributed by atoms with E-state index in [0.717, 1.165) is 29.1 Å². The molecule has 23 heavy (non-hydrogen) atoms. The van der Waals surface area contributed by atoms with Crippen LogP contribution in [0.15, 0.2) is 35.2 Å². The highest BCUT2D eigenvalue weighted by atomic mass is 32.2. The predicted octanol–water partition coefficient (Wildman–Crippen LogP) is 3.80. The number of amides is 1. The van der Waals surface area contributed by atoms with E-state index in [1.807, 2.05) is 6.08 Å². The zero-order chi connectivity index (χ0) is 16.6. The molecule has 0 unspecified atom stereocenters. The molecule has 0 atom stereocenters. The number of nitrogens with zero attached hydrogens (tertiary/aromatic N) is 1. The van der Waals surface area contributed by atoms with Crippen LogP contribution in [0.4, 0.5) is 0 Å². The lowest BCUT2D eigenvalue weighted by Crippen LogP contribution is -2.18. The first kappa shape index (κ1) is 15.6. The van der Waals surface area contributed by atoms with Crippen LogP contribution in [0.5, 0.6) is 0 Å². The summed E-state index contributed by atoms with van der Waals surface area (Å²) in [5.41, 5.74) is 5.66. The van der Waals surface area contributed by atoms with Crippen molar-refractivity contribution in [3.8, 4) is 5.69 Å². The molecule has 0 saturated carbocycles. The standard InChI is InChI=1S/C18H19N3OS/c1-4-13-5-7-15(8-6-13)21-11(2)9-14(12(21)3)10-16-17(22)20-18(19)23-16/h5-10H,4H2,1-3H3,(H2,19,20,22)/b16-10+. The van der Waals surface area contributed by atoms with E-state index < -0.39 is 0 Å². The monoisotopic (exact) mass is 325 g/mol. The van der Waals surface area contributed by atoms with Crippen LogP contribution in [0.25, 0.3) is 11.8 Å². The fraction of sp³-hybridized carbons (Fsp3) is 0.222. The van der Waals surface area contributed by atoms with Crippen LogP contribution in [0.3, 0.4) is 0 Å². The minimum atomic E-state index is -0.197. The van der Waals surface area contributed by atoms with E-state index in [9.17, 15) is 4.79 Å². The molecule has 0 spiro atoms. The molecule has 1 aliphatic rings. The molecule has 1 amide bonds.